The van der Waals surface area contributed by atoms with Crippen LogP contribution in [-0.4, -0.2) is 197 Å². The van der Waals surface area contributed by atoms with Gasteiger partial charge in [0, 0.05) is 0 Å². The zero-order valence-corrected chi connectivity index (χ0v) is 23.2. The maximum atomic E-state index is 11.1. The highest BCUT2D eigenvalue weighted by atomic mass is 16.8. The maximum absolute atomic E-state index is 11.1. The summed E-state index contributed by atoms with van der Waals surface area (Å²) >= 11 is 0. The van der Waals surface area contributed by atoms with Gasteiger partial charge >= 0.3 is 0 Å². The van der Waals surface area contributed by atoms with Gasteiger partial charge < -0.3 is 94.4 Å². The Bertz CT molecular complexity index is 882. The first kappa shape index (κ1) is 35.1. The van der Waals surface area contributed by atoms with Crippen LogP contribution < -0.4 is 0 Å². The van der Waals surface area contributed by atoms with Gasteiger partial charge in [-0.25, -0.2) is 0 Å². The van der Waals surface area contributed by atoms with Gasteiger partial charge in [0.05, 0.1) is 25.4 Å². The summed E-state index contributed by atoms with van der Waals surface area (Å²) in [5.74, 6) is 0. The zero-order valence-electron chi connectivity index (χ0n) is 23.2. The number of hydrogen-bond acceptors (Lipinski definition) is 19. The van der Waals surface area contributed by atoms with E-state index in [1.807, 2.05) is 0 Å². The van der Waals surface area contributed by atoms with Gasteiger partial charge in [-0.05, 0) is 13.8 Å². The third-order valence-corrected chi connectivity index (χ3v) is 8.13. The maximum Gasteiger partial charge on any atom is 0.187 e. The molecule has 19 nitrogen and oxygen atoms in total. The number of hydrogen-bond donors (Lipinski definition) is 12. The summed E-state index contributed by atoms with van der Waals surface area (Å²) in [7, 11) is 0. The summed E-state index contributed by atoms with van der Waals surface area (Å²) in [6.45, 7) is 1.21. The Morgan fingerprint density at radius 3 is 1.30 bits per heavy atom. The average molecular weight is 635 g/mol. The predicted molar refractivity (Wildman–Crippen MR) is 131 cm³/mol. The van der Waals surface area contributed by atoms with Crippen molar-refractivity contribution in [1.82, 2.24) is 0 Å². The van der Waals surface area contributed by atoms with E-state index in [0.717, 1.165) is 0 Å². The second-order valence-electron chi connectivity index (χ2n) is 11.1. The summed E-state index contributed by atoms with van der Waals surface area (Å²) in [5.41, 5.74) is 0. The minimum absolute atomic E-state index is 0.762. The van der Waals surface area contributed by atoms with Crippen molar-refractivity contribution in [3.8, 4) is 0 Å². The van der Waals surface area contributed by atoms with Gasteiger partial charge in [-0.3, -0.25) is 0 Å². The molecular formula is C24H42O19. The lowest BCUT2D eigenvalue weighted by Crippen LogP contribution is -2.67. The number of ether oxygens (including phenoxy) is 7. The van der Waals surface area contributed by atoms with Crippen LogP contribution in [0.1, 0.15) is 13.8 Å². The Hall–Kier alpha value is -0.760. The van der Waals surface area contributed by atoms with Crippen LogP contribution in [0.4, 0.5) is 0 Å². The quantitative estimate of drug-likeness (QED) is 0.118. The van der Waals surface area contributed by atoms with Gasteiger partial charge in [-0.2, -0.15) is 0 Å². The Morgan fingerprint density at radius 1 is 0.419 bits per heavy atom. The lowest BCUT2D eigenvalue weighted by Gasteiger charge is -2.49. The topological polar surface area (TPSA) is 307 Å². The minimum Gasteiger partial charge on any atom is -0.394 e. The highest BCUT2D eigenvalue weighted by Crippen LogP contribution is 2.34. The molecule has 4 saturated heterocycles. The lowest BCUT2D eigenvalue weighted by molar-refractivity contribution is -0.393. The molecule has 4 heterocycles. The molecule has 0 amide bonds. The smallest absolute Gasteiger partial charge is 0.187 e. The molecular weight excluding hydrogens is 592 g/mol. The fraction of sp³-hybridized carbons (Fsp3) is 1.00. The van der Waals surface area contributed by atoms with Gasteiger partial charge in [0.25, 0.3) is 0 Å². The molecule has 0 aliphatic carbocycles. The molecule has 4 aliphatic heterocycles. The Kier molecular flexibility index (Phi) is 11.7. The monoisotopic (exact) mass is 634 g/mol. The zero-order chi connectivity index (χ0) is 31.9. The molecule has 252 valence electrons. The Balaban J connectivity index is 1.52. The van der Waals surface area contributed by atoms with Crippen molar-refractivity contribution in [2.45, 2.75) is 137 Å². The summed E-state index contributed by atoms with van der Waals surface area (Å²) in [6, 6.07) is 0. The number of aliphatic hydroxyl groups excluding tert-OH is 12. The van der Waals surface area contributed by atoms with Gasteiger partial charge in [0.15, 0.2) is 25.2 Å². The van der Waals surface area contributed by atoms with Gasteiger partial charge in [-0.1, -0.05) is 0 Å². The van der Waals surface area contributed by atoms with Crippen LogP contribution in [0.3, 0.4) is 0 Å². The van der Waals surface area contributed by atoms with E-state index in [9.17, 15) is 61.3 Å². The fourth-order valence-electron chi connectivity index (χ4n) is 5.40. The Labute approximate surface area is 244 Å². The largest absolute Gasteiger partial charge is 0.394 e. The first-order chi connectivity index (χ1) is 20.2. The fourth-order valence-corrected chi connectivity index (χ4v) is 5.40. The van der Waals surface area contributed by atoms with E-state index < -0.39 is 136 Å². The van der Waals surface area contributed by atoms with E-state index in [2.05, 4.69) is 0 Å². The standard InChI is InChI=1S/C24H42O19/c1-5-10(28)19(42-23-16(34)14(32)12(30)8(4-26)40-23)20(21(36)37-5)43-24-17(35)18(9(27)6(2)38-24)41-22-15(33)13(31)11(29)7(3-25)39-22/h5-36H,3-4H2,1-2H3/t5-,6-,7+,8+,9-,10-,11+,12+,13-,14-,15+,16+,17+,18+,19+,20+,21?,22+,23+,24-/m0/s1. The highest BCUT2D eigenvalue weighted by molar-refractivity contribution is 4.97. The molecule has 20 atom stereocenters. The molecule has 12 N–H and O–H groups in total. The molecule has 0 aromatic heterocycles. The molecule has 19 heteroatoms. The molecule has 1 unspecified atom stereocenters. The first-order valence-corrected chi connectivity index (χ1v) is 13.8. The number of aliphatic hydroxyl groups is 12. The van der Waals surface area contributed by atoms with Crippen LogP contribution in [0.25, 0.3) is 0 Å². The van der Waals surface area contributed by atoms with Crippen LogP contribution in [0.15, 0.2) is 0 Å². The minimum atomic E-state index is -1.91. The molecule has 4 aliphatic rings. The highest BCUT2D eigenvalue weighted by Gasteiger charge is 2.54. The molecule has 0 aromatic rings. The molecule has 0 radical (unpaired) electrons. The third-order valence-electron chi connectivity index (χ3n) is 8.13. The third kappa shape index (κ3) is 7.00. The molecule has 0 spiro atoms. The van der Waals surface area contributed by atoms with E-state index in [1.165, 1.54) is 13.8 Å². The van der Waals surface area contributed by atoms with Crippen molar-refractivity contribution in [1.29, 1.82) is 0 Å². The normalized spacial score (nSPS) is 54.8. The number of rotatable bonds is 8. The van der Waals surface area contributed by atoms with Gasteiger partial charge in [0.2, 0.25) is 0 Å². The van der Waals surface area contributed by atoms with Crippen molar-refractivity contribution in [3.63, 3.8) is 0 Å². The van der Waals surface area contributed by atoms with Crippen molar-refractivity contribution < 1.29 is 94.4 Å². The Morgan fingerprint density at radius 2 is 0.814 bits per heavy atom. The van der Waals surface area contributed by atoms with E-state index in [1.54, 1.807) is 0 Å². The average Bonchev–Trinajstić information content (AvgIpc) is 2.98. The molecule has 4 rings (SSSR count). The van der Waals surface area contributed by atoms with E-state index >= 15 is 0 Å². The molecule has 0 bridgehead atoms. The first-order valence-electron chi connectivity index (χ1n) is 13.8. The SMILES string of the molecule is C[C@@H]1O[C@@H](O[C@H]2C(O)O[C@@H](C)[C@H](O)[C@H]2O[C@H]2O[C@H](CO)[C@@H](O)[C@H](O)[C@H]2O)[C@H](O)[C@H](O[C@H]2O[C@H](CO)[C@@H](O)[C@H](O)[C@H]2O)[C@H]1O. The van der Waals surface area contributed by atoms with Crippen LogP contribution >= 0.6 is 0 Å². The van der Waals surface area contributed by atoms with E-state index in [0.29, 0.717) is 0 Å². The van der Waals surface area contributed by atoms with Crippen LogP contribution in [0.2, 0.25) is 0 Å². The predicted octanol–water partition coefficient (Wildman–Crippen LogP) is -7.69. The molecule has 0 saturated carbocycles. The van der Waals surface area contributed by atoms with Crippen LogP contribution in [-0.2, 0) is 33.2 Å². The summed E-state index contributed by atoms with van der Waals surface area (Å²) in [5, 5.41) is 123. The summed E-state index contributed by atoms with van der Waals surface area (Å²) in [6.07, 6.45) is -32.8. The van der Waals surface area contributed by atoms with E-state index in [-0.39, 0.29) is 0 Å². The van der Waals surface area contributed by atoms with Crippen molar-refractivity contribution >= 4 is 0 Å². The van der Waals surface area contributed by atoms with Crippen LogP contribution in [0, 0.1) is 0 Å². The van der Waals surface area contributed by atoms with Crippen molar-refractivity contribution in [2.75, 3.05) is 13.2 Å². The molecule has 0 aromatic carbocycles. The second-order valence-corrected chi connectivity index (χ2v) is 11.1. The molecule has 43 heavy (non-hydrogen) atoms. The van der Waals surface area contributed by atoms with Crippen LogP contribution in [0.5, 0.6) is 0 Å². The van der Waals surface area contributed by atoms with Crippen molar-refractivity contribution in [3.05, 3.63) is 0 Å². The van der Waals surface area contributed by atoms with Gasteiger partial charge in [0.1, 0.15) is 85.5 Å². The van der Waals surface area contributed by atoms with Gasteiger partial charge in [-0.15, -0.1) is 0 Å². The molecule has 4 fully saturated rings. The van der Waals surface area contributed by atoms with Crippen molar-refractivity contribution in [2.24, 2.45) is 0 Å². The van der Waals surface area contributed by atoms with E-state index in [4.69, 9.17) is 33.2 Å². The summed E-state index contributed by atoms with van der Waals surface area (Å²) < 4.78 is 38.5. The summed E-state index contributed by atoms with van der Waals surface area (Å²) in [4.78, 5) is 0. The second kappa shape index (κ2) is 14.3. The lowest BCUT2D eigenvalue weighted by atomic mass is 9.96.